The van der Waals surface area contributed by atoms with E-state index in [2.05, 4.69) is 28.5 Å². The molecule has 3 rings (SSSR count). The second kappa shape index (κ2) is 8.63. The number of amides is 1. The van der Waals surface area contributed by atoms with Crippen molar-refractivity contribution >= 4 is 17.2 Å². The smallest absolute Gasteiger partial charge is 0.228 e. The van der Waals surface area contributed by atoms with Crippen LogP contribution in [-0.4, -0.2) is 51.7 Å². The molecule has 25 heavy (non-hydrogen) atoms. The molecule has 0 aromatic carbocycles. The zero-order valence-electron chi connectivity index (χ0n) is 15.2. The Balaban J connectivity index is 1.68. The fourth-order valence-electron chi connectivity index (χ4n) is 3.48. The minimum atomic E-state index is 0.227. The highest BCUT2D eigenvalue weighted by molar-refractivity contribution is 7.10. The molecule has 0 N–H and O–H groups in total. The van der Waals surface area contributed by atoms with Gasteiger partial charge in [-0.3, -0.25) is 9.48 Å². The van der Waals surface area contributed by atoms with E-state index in [0.717, 1.165) is 49.7 Å². The third kappa shape index (κ3) is 4.70. The molecule has 0 spiro atoms. The van der Waals surface area contributed by atoms with Gasteiger partial charge in [0.15, 0.2) is 0 Å². The van der Waals surface area contributed by atoms with E-state index in [0.29, 0.717) is 18.9 Å². The van der Waals surface area contributed by atoms with E-state index in [1.807, 2.05) is 34.7 Å². The quantitative estimate of drug-likeness (QED) is 0.762. The highest BCUT2D eigenvalue weighted by Crippen LogP contribution is 2.20. The van der Waals surface area contributed by atoms with E-state index in [4.69, 9.17) is 0 Å². The van der Waals surface area contributed by atoms with E-state index >= 15 is 0 Å². The van der Waals surface area contributed by atoms with Gasteiger partial charge in [-0.05, 0) is 49.5 Å². The Kier molecular flexibility index (Phi) is 6.26. The zero-order chi connectivity index (χ0) is 17.6. The van der Waals surface area contributed by atoms with Gasteiger partial charge in [-0.15, -0.1) is 11.3 Å². The highest BCUT2D eigenvalue weighted by atomic mass is 32.1. The Morgan fingerprint density at radius 3 is 2.88 bits per heavy atom. The number of aromatic nitrogens is 2. The molecule has 1 unspecified atom stereocenters. The molecule has 0 aliphatic carbocycles. The second-order valence-corrected chi connectivity index (χ2v) is 7.75. The lowest BCUT2D eigenvalue weighted by atomic mass is 10.0. The summed E-state index contributed by atoms with van der Waals surface area (Å²) in [5.74, 6) is 0.680. The molecule has 0 bridgehead atoms. The summed E-state index contributed by atoms with van der Waals surface area (Å²) in [6, 6.07) is 6.10. The van der Waals surface area contributed by atoms with Gasteiger partial charge in [0.05, 0.1) is 18.7 Å². The summed E-state index contributed by atoms with van der Waals surface area (Å²) >= 11 is 1.66. The van der Waals surface area contributed by atoms with E-state index in [1.165, 1.54) is 0 Å². The molecule has 2 aromatic heterocycles. The third-order valence-corrected chi connectivity index (χ3v) is 5.95. The first-order valence-corrected chi connectivity index (χ1v) is 10.1. The molecule has 5 nitrogen and oxygen atoms in total. The largest absolute Gasteiger partial charge is 0.336 e. The molecule has 0 radical (unpaired) electrons. The molecule has 6 heteroatoms. The molecular formula is C19H28N4OS. The number of fused-ring (bicyclic) bond motifs is 1. The maximum atomic E-state index is 12.8. The Morgan fingerprint density at radius 2 is 2.16 bits per heavy atom. The van der Waals surface area contributed by atoms with E-state index in [1.54, 1.807) is 11.3 Å². The van der Waals surface area contributed by atoms with Crippen molar-refractivity contribution in [3.63, 3.8) is 0 Å². The summed E-state index contributed by atoms with van der Waals surface area (Å²) in [4.78, 5) is 18.5. The van der Waals surface area contributed by atoms with Crippen molar-refractivity contribution in [2.24, 2.45) is 5.92 Å². The molecule has 0 saturated heterocycles. The number of nitrogens with zero attached hydrogens (tertiary/aromatic N) is 4. The normalized spacial score (nSPS) is 17.6. The summed E-state index contributed by atoms with van der Waals surface area (Å²) in [6.07, 6.45) is 3.46. The lowest BCUT2D eigenvalue weighted by Gasteiger charge is -2.26. The average molecular weight is 361 g/mol. The molecular weight excluding hydrogens is 332 g/mol. The summed E-state index contributed by atoms with van der Waals surface area (Å²) < 4.78 is 2.09. The summed E-state index contributed by atoms with van der Waals surface area (Å²) in [6.45, 7) is 10.1. The molecule has 0 fully saturated rings. The third-order valence-electron chi connectivity index (χ3n) is 5.07. The SMILES string of the molecule is CCN(CC)CCC1CN(C(=O)Cc2cccs2)Cc2ccnn2C1. The standard InChI is InChI=1S/C19H28N4OS/c1-3-21(4-2)10-8-16-13-22(15-17-7-9-20-23(17)14-16)19(24)12-18-6-5-11-25-18/h5-7,9,11,16H,3-4,8,10,12-15H2,1-2H3. The first kappa shape index (κ1) is 18.1. The predicted molar refractivity (Wildman–Crippen MR) is 102 cm³/mol. The molecule has 0 saturated carbocycles. The van der Waals surface area contributed by atoms with Crippen LogP contribution in [0.1, 0.15) is 30.8 Å². The van der Waals surface area contributed by atoms with Gasteiger partial charge in [0, 0.05) is 24.2 Å². The van der Waals surface area contributed by atoms with Gasteiger partial charge < -0.3 is 9.80 Å². The van der Waals surface area contributed by atoms with Crippen molar-refractivity contribution in [1.29, 1.82) is 0 Å². The van der Waals surface area contributed by atoms with Gasteiger partial charge in [0.25, 0.3) is 0 Å². The molecule has 136 valence electrons. The van der Waals surface area contributed by atoms with Crippen LogP contribution in [-0.2, 0) is 24.3 Å². The minimum Gasteiger partial charge on any atom is -0.336 e. The first-order valence-electron chi connectivity index (χ1n) is 9.22. The lowest BCUT2D eigenvalue weighted by molar-refractivity contribution is -0.131. The van der Waals surface area contributed by atoms with Crippen LogP contribution < -0.4 is 0 Å². The van der Waals surface area contributed by atoms with Crippen LogP contribution in [0.5, 0.6) is 0 Å². The monoisotopic (exact) mass is 360 g/mol. The Morgan fingerprint density at radius 1 is 1.32 bits per heavy atom. The number of hydrogen-bond donors (Lipinski definition) is 0. The van der Waals surface area contributed by atoms with Crippen molar-refractivity contribution in [2.45, 2.75) is 39.8 Å². The van der Waals surface area contributed by atoms with E-state index < -0.39 is 0 Å². The second-order valence-electron chi connectivity index (χ2n) is 6.72. The Hall–Kier alpha value is -1.66. The van der Waals surface area contributed by atoms with Crippen molar-refractivity contribution in [3.8, 4) is 0 Å². The van der Waals surface area contributed by atoms with Gasteiger partial charge >= 0.3 is 0 Å². The average Bonchev–Trinajstić information content (AvgIpc) is 3.24. The van der Waals surface area contributed by atoms with Crippen molar-refractivity contribution in [3.05, 3.63) is 40.3 Å². The molecule has 1 atom stereocenters. The van der Waals surface area contributed by atoms with Gasteiger partial charge in [-0.2, -0.15) is 5.10 Å². The number of hydrogen-bond acceptors (Lipinski definition) is 4. The van der Waals surface area contributed by atoms with Crippen LogP contribution in [0.3, 0.4) is 0 Å². The van der Waals surface area contributed by atoms with Crippen LogP contribution in [0, 0.1) is 5.92 Å². The molecule has 1 aliphatic heterocycles. The van der Waals surface area contributed by atoms with Gasteiger partial charge in [-0.1, -0.05) is 19.9 Å². The first-order chi connectivity index (χ1) is 12.2. The van der Waals surface area contributed by atoms with Crippen molar-refractivity contribution in [1.82, 2.24) is 19.6 Å². The summed E-state index contributed by atoms with van der Waals surface area (Å²) in [5.41, 5.74) is 1.14. The van der Waals surface area contributed by atoms with E-state index in [-0.39, 0.29) is 5.91 Å². The van der Waals surface area contributed by atoms with E-state index in [9.17, 15) is 4.79 Å². The minimum absolute atomic E-state index is 0.227. The van der Waals surface area contributed by atoms with Gasteiger partial charge in [-0.25, -0.2) is 0 Å². The molecule has 1 amide bonds. The topological polar surface area (TPSA) is 41.4 Å². The lowest BCUT2D eigenvalue weighted by Crippen LogP contribution is -2.36. The summed E-state index contributed by atoms with van der Waals surface area (Å²) in [7, 11) is 0. The fourth-order valence-corrected chi connectivity index (χ4v) is 4.18. The number of carbonyl (C=O) groups is 1. The van der Waals surface area contributed by atoms with Crippen molar-refractivity contribution in [2.75, 3.05) is 26.2 Å². The fraction of sp³-hybridized carbons (Fsp3) is 0.579. The van der Waals surface area contributed by atoms with Crippen LogP contribution >= 0.6 is 11.3 Å². The van der Waals surface area contributed by atoms with Gasteiger partial charge in [0.1, 0.15) is 0 Å². The number of rotatable bonds is 7. The van der Waals surface area contributed by atoms with Crippen LogP contribution in [0.25, 0.3) is 0 Å². The summed E-state index contributed by atoms with van der Waals surface area (Å²) in [5, 5.41) is 6.51. The molecule has 3 heterocycles. The van der Waals surface area contributed by atoms with Crippen molar-refractivity contribution < 1.29 is 4.79 Å². The Labute approximate surface area is 154 Å². The maximum Gasteiger partial charge on any atom is 0.228 e. The highest BCUT2D eigenvalue weighted by Gasteiger charge is 2.25. The Bertz CT molecular complexity index is 663. The maximum absolute atomic E-state index is 12.8. The van der Waals surface area contributed by atoms with Crippen LogP contribution in [0.15, 0.2) is 29.8 Å². The predicted octanol–water partition coefficient (Wildman–Crippen LogP) is 2.88. The van der Waals surface area contributed by atoms with Crippen LogP contribution in [0.4, 0.5) is 0 Å². The zero-order valence-corrected chi connectivity index (χ0v) is 16.0. The molecule has 2 aromatic rings. The number of carbonyl (C=O) groups excluding carboxylic acids is 1. The van der Waals surface area contributed by atoms with Crippen LogP contribution in [0.2, 0.25) is 0 Å². The molecule has 1 aliphatic rings. The number of thiophene rings is 1. The van der Waals surface area contributed by atoms with Gasteiger partial charge in [0.2, 0.25) is 5.91 Å².